The first kappa shape index (κ1) is 19.5. The van der Waals surface area contributed by atoms with Crippen LogP contribution < -0.4 is 0 Å². The molecule has 3 fully saturated rings. The number of aromatic nitrogens is 2. The Morgan fingerprint density at radius 1 is 1.30 bits per heavy atom. The standard InChI is InChI=1S/C21H27N5O4/c1-29-13-10-26-20(28)17-15-24(8-9-25(17)21(26)5-11-30-12-6-21)19(27)16-14-23-7-3-2-4-18(23)22-16/h2-4,7,14,17H,5-6,8-13,15H2,1H3/t17-/m1/s1. The Balaban J connectivity index is 1.39. The summed E-state index contributed by atoms with van der Waals surface area (Å²) in [6.45, 7) is 3.98. The number of rotatable bonds is 4. The lowest BCUT2D eigenvalue weighted by Crippen LogP contribution is -2.62. The topological polar surface area (TPSA) is 79.6 Å². The minimum Gasteiger partial charge on any atom is -0.383 e. The van der Waals surface area contributed by atoms with Crippen molar-refractivity contribution in [1.82, 2.24) is 24.1 Å². The summed E-state index contributed by atoms with van der Waals surface area (Å²) in [6.07, 6.45) is 5.21. The van der Waals surface area contributed by atoms with Gasteiger partial charge in [-0.15, -0.1) is 0 Å². The van der Waals surface area contributed by atoms with Crippen molar-refractivity contribution in [1.29, 1.82) is 0 Å². The Kier molecular flexibility index (Phi) is 4.96. The summed E-state index contributed by atoms with van der Waals surface area (Å²) < 4.78 is 12.7. The van der Waals surface area contributed by atoms with Gasteiger partial charge in [-0.2, -0.15) is 0 Å². The molecule has 30 heavy (non-hydrogen) atoms. The molecule has 3 saturated heterocycles. The SMILES string of the molecule is COCCN1C(=O)[C@H]2CN(C(=O)c3cn4ccccc4n3)CCN2C12CCOCC2. The number of fused-ring (bicyclic) bond motifs is 3. The molecule has 2 aromatic heterocycles. The fourth-order valence-corrected chi connectivity index (χ4v) is 5.17. The molecule has 0 aromatic carbocycles. The quantitative estimate of drug-likeness (QED) is 0.725. The van der Waals surface area contributed by atoms with E-state index in [1.165, 1.54) is 0 Å². The number of methoxy groups -OCH3 is 1. The smallest absolute Gasteiger partial charge is 0.274 e. The van der Waals surface area contributed by atoms with Crippen LogP contribution in [0.5, 0.6) is 0 Å². The van der Waals surface area contributed by atoms with Gasteiger partial charge in [0.1, 0.15) is 23.0 Å². The number of imidazole rings is 1. The summed E-state index contributed by atoms with van der Waals surface area (Å²) in [6, 6.07) is 5.35. The predicted octanol–water partition coefficient (Wildman–Crippen LogP) is 0.456. The third kappa shape index (κ3) is 3.00. The molecule has 0 unspecified atom stereocenters. The van der Waals surface area contributed by atoms with Crippen LogP contribution in [-0.2, 0) is 14.3 Å². The molecule has 5 heterocycles. The van der Waals surface area contributed by atoms with Gasteiger partial charge in [-0.1, -0.05) is 6.07 Å². The van der Waals surface area contributed by atoms with Gasteiger partial charge >= 0.3 is 0 Å². The fraction of sp³-hybridized carbons (Fsp3) is 0.571. The molecule has 3 aliphatic heterocycles. The van der Waals surface area contributed by atoms with Crippen LogP contribution in [0.1, 0.15) is 23.3 Å². The van der Waals surface area contributed by atoms with Gasteiger partial charge in [0, 0.05) is 58.5 Å². The van der Waals surface area contributed by atoms with Gasteiger partial charge in [-0.3, -0.25) is 14.5 Å². The summed E-state index contributed by atoms with van der Waals surface area (Å²) in [5.41, 5.74) is 0.831. The summed E-state index contributed by atoms with van der Waals surface area (Å²) in [5.74, 6) is -0.0380. The first-order chi connectivity index (χ1) is 14.6. The van der Waals surface area contributed by atoms with Crippen LogP contribution in [-0.4, -0.2) is 101 Å². The van der Waals surface area contributed by atoms with E-state index in [1.807, 2.05) is 33.7 Å². The highest BCUT2D eigenvalue weighted by molar-refractivity contribution is 5.94. The van der Waals surface area contributed by atoms with E-state index in [-0.39, 0.29) is 23.5 Å². The van der Waals surface area contributed by atoms with Gasteiger partial charge < -0.3 is 23.7 Å². The maximum atomic E-state index is 13.4. The highest BCUT2D eigenvalue weighted by Crippen LogP contribution is 2.41. The molecule has 9 heteroatoms. The van der Waals surface area contributed by atoms with Gasteiger partial charge in [-0.25, -0.2) is 4.98 Å². The average molecular weight is 413 g/mol. The normalized spacial score (nSPS) is 24.0. The molecule has 0 radical (unpaired) electrons. The van der Waals surface area contributed by atoms with E-state index in [4.69, 9.17) is 9.47 Å². The zero-order chi connectivity index (χ0) is 20.7. The summed E-state index contributed by atoms with van der Waals surface area (Å²) in [5, 5.41) is 0. The molecule has 0 N–H and O–H groups in total. The van der Waals surface area contributed by atoms with E-state index in [0.717, 1.165) is 18.5 Å². The second kappa shape index (κ2) is 7.64. The molecular formula is C21H27N5O4. The fourth-order valence-electron chi connectivity index (χ4n) is 5.17. The van der Waals surface area contributed by atoms with E-state index in [0.29, 0.717) is 51.7 Å². The van der Waals surface area contributed by atoms with Crippen LogP contribution in [0.15, 0.2) is 30.6 Å². The molecule has 160 valence electrons. The Labute approximate surface area is 175 Å². The van der Waals surface area contributed by atoms with Crippen molar-refractivity contribution >= 4 is 17.5 Å². The van der Waals surface area contributed by atoms with Crippen LogP contribution in [0.2, 0.25) is 0 Å². The van der Waals surface area contributed by atoms with Gasteiger partial charge in [-0.05, 0) is 12.1 Å². The number of hydrogen-bond donors (Lipinski definition) is 0. The molecule has 0 aliphatic carbocycles. The molecular weight excluding hydrogens is 386 g/mol. The highest BCUT2D eigenvalue weighted by atomic mass is 16.5. The Hall–Kier alpha value is -2.49. The van der Waals surface area contributed by atoms with Crippen molar-refractivity contribution in [2.45, 2.75) is 24.5 Å². The summed E-state index contributed by atoms with van der Waals surface area (Å²) in [7, 11) is 1.65. The van der Waals surface area contributed by atoms with Crippen LogP contribution in [0.3, 0.4) is 0 Å². The van der Waals surface area contributed by atoms with Crippen LogP contribution in [0.25, 0.3) is 5.65 Å². The largest absolute Gasteiger partial charge is 0.383 e. The molecule has 9 nitrogen and oxygen atoms in total. The van der Waals surface area contributed by atoms with Crippen LogP contribution in [0, 0.1) is 0 Å². The van der Waals surface area contributed by atoms with Crippen LogP contribution in [0.4, 0.5) is 0 Å². The number of hydrogen-bond acceptors (Lipinski definition) is 6. The number of nitrogens with zero attached hydrogens (tertiary/aromatic N) is 5. The second-order valence-electron chi connectivity index (χ2n) is 8.13. The van der Waals surface area contributed by atoms with Gasteiger partial charge in [0.25, 0.3) is 5.91 Å². The first-order valence-corrected chi connectivity index (χ1v) is 10.5. The Morgan fingerprint density at radius 2 is 2.13 bits per heavy atom. The van der Waals surface area contributed by atoms with Crippen molar-refractivity contribution in [3.8, 4) is 0 Å². The minimum atomic E-state index is -0.324. The van der Waals surface area contributed by atoms with Crippen molar-refractivity contribution < 1.29 is 19.1 Å². The van der Waals surface area contributed by atoms with Crippen LogP contribution >= 0.6 is 0 Å². The third-order valence-electron chi connectivity index (χ3n) is 6.65. The molecule has 1 atom stereocenters. The third-order valence-corrected chi connectivity index (χ3v) is 6.65. The first-order valence-electron chi connectivity index (χ1n) is 10.5. The van der Waals surface area contributed by atoms with Crippen molar-refractivity contribution in [3.05, 3.63) is 36.3 Å². The maximum absolute atomic E-state index is 13.4. The Morgan fingerprint density at radius 3 is 2.90 bits per heavy atom. The lowest BCUT2D eigenvalue weighted by Gasteiger charge is -2.48. The predicted molar refractivity (Wildman–Crippen MR) is 108 cm³/mol. The summed E-state index contributed by atoms with van der Waals surface area (Å²) in [4.78, 5) is 37.1. The Bertz CT molecular complexity index is 921. The van der Waals surface area contributed by atoms with Crippen molar-refractivity contribution in [3.63, 3.8) is 0 Å². The van der Waals surface area contributed by atoms with Gasteiger partial charge in [0.15, 0.2) is 0 Å². The molecule has 2 amide bonds. The summed E-state index contributed by atoms with van der Waals surface area (Å²) >= 11 is 0. The minimum absolute atomic E-state index is 0.0847. The van der Waals surface area contributed by atoms with E-state index in [1.54, 1.807) is 18.2 Å². The zero-order valence-corrected chi connectivity index (χ0v) is 17.2. The van der Waals surface area contributed by atoms with E-state index < -0.39 is 0 Å². The molecule has 5 rings (SSSR count). The number of pyridine rings is 1. The molecule has 0 saturated carbocycles. The zero-order valence-electron chi connectivity index (χ0n) is 17.2. The van der Waals surface area contributed by atoms with Crippen molar-refractivity contribution in [2.24, 2.45) is 0 Å². The van der Waals surface area contributed by atoms with E-state index in [2.05, 4.69) is 9.88 Å². The second-order valence-corrected chi connectivity index (χ2v) is 8.13. The number of carbonyl (C=O) groups excluding carboxylic acids is 2. The number of ether oxygens (including phenoxy) is 2. The van der Waals surface area contributed by atoms with Crippen molar-refractivity contribution in [2.75, 3.05) is 53.1 Å². The monoisotopic (exact) mass is 413 g/mol. The average Bonchev–Trinajstić information content (AvgIpc) is 3.31. The number of amides is 2. The van der Waals surface area contributed by atoms with Gasteiger partial charge in [0.05, 0.1) is 19.8 Å². The van der Waals surface area contributed by atoms with E-state index in [9.17, 15) is 9.59 Å². The van der Waals surface area contributed by atoms with E-state index >= 15 is 0 Å². The van der Waals surface area contributed by atoms with Gasteiger partial charge in [0.2, 0.25) is 5.91 Å². The number of carbonyl (C=O) groups is 2. The maximum Gasteiger partial charge on any atom is 0.274 e. The highest BCUT2D eigenvalue weighted by Gasteiger charge is 2.58. The molecule has 2 aromatic rings. The molecule has 3 aliphatic rings. The lowest BCUT2D eigenvalue weighted by atomic mass is 9.96. The molecule has 1 spiro atoms. The lowest BCUT2D eigenvalue weighted by molar-refractivity contribution is -0.137. The number of piperazine rings is 1. The molecule has 0 bridgehead atoms.